The first-order valence-corrected chi connectivity index (χ1v) is 6.39. The van der Waals surface area contributed by atoms with Crippen molar-refractivity contribution in [1.29, 1.82) is 0 Å². The molecule has 1 amide bonds. The van der Waals surface area contributed by atoms with Gasteiger partial charge in [0.1, 0.15) is 0 Å². The molecule has 92 valence electrons. The zero-order chi connectivity index (χ0) is 11.4. The average molecular weight is 226 g/mol. The second-order valence-corrected chi connectivity index (χ2v) is 5.12. The predicted molar refractivity (Wildman–Crippen MR) is 61.5 cm³/mol. The van der Waals surface area contributed by atoms with Crippen LogP contribution < -0.4 is 5.73 Å². The standard InChI is InChI=1S/C12H22N2O2/c13-10-12(5-2-1-3-6-12)9-11(15)14-7-4-8-16-14/h1-10,13H2. The third-order valence-corrected chi connectivity index (χ3v) is 3.90. The molecule has 1 saturated carbocycles. The fraction of sp³-hybridized carbons (Fsp3) is 0.917. The van der Waals surface area contributed by atoms with Gasteiger partial charge in [-0.25, -0.2) is 5.06 Å². The summed E-state index contributed by atoms with van der Waals surface area (Å²) >= 11 is 0. The van der Waals surface area contributed by atoms with Gasteiger partial charge in [0.15, 0.2) is 0 Å². The molecule has 2 aliphatic rings. The van der Waals surface area contributed by atoms with Gasteiger partial charge in [0.05, 0.1) is 13.2 Å². The van der Waals surface area contributed by atoms with E-state index >= 15 is 0 Å². The second kappa shape index (κ2) is 5.15. The normalized spacial score (nSPS) is 24.7. The number of hydrogen-bond donors (Lipinski definition) is 1. The Hall–Kier alpha value is -0.610. The Balaban J connectivity index is 1.91. The molecule has 0 unspecified atom stereocenters. The van der Waals surface area contributed by atoms with Gasteiger partial charge in [0, 0.05) is 6.42 Å². The summed E-state index contributed by atoms with van der Waals surface area (Å²) in [6.07, 6.45) is 7.45. The van der Waals surface area contributed by atoms with Crippen molar-refractivity contribution in [2.75, 3.05) is 19.7 Å². The molecule has 0 aromatic rings. The Morgan fingerprint density at radius 2 is 2.00 bits per heavy atom. The highest BCUT2D eigenvalue weighted by Gasteiger charge is 2.35. The second-order valence-electron chi connectivity index (χ2n) is 5.12. The van der Waals surface area contributed by atoms with Gasteiger partial charge in [0.25, 0.3) is 0 Å². The van der Waals surface area contributed by atoms with Crippen LogP contribution in [0.2, 0.25) is 0 Å². The van der Waals surface area contributed by atoms with Crippen molar-refractivity contribution >= 4 is 5.91 Å². The molecular weight excluding hydrogens is 204 g/mol. The number of hydroxylamine groups is 2. The van der Waals surface area contributed by atoms with Crippen molar-refractivity contribution in [3.63, 3.8) is 0 Å². The number of amides is 1. The molecule has 1 heterocycles. The molecule has 16 heavy (non-hydrogen) atoms. The minimum absolute atomic E-state index is 0.0568. The van der Waals surface area contributed by atoms with Crippen LogP contribution in [0.15, 0.2) is 0 Å². The van der Waals surface area contributed by atoms with Gasteiger partial charge in [-0.3, -0.25) is 9.63 Å². The lowest BCUT2D eigenvalue weighted by molar-refractivity contribution is -0.171. The highest BCUT2D eigenvalue weighted by Crippen LogP contribution is 2.38. The molecule has 2 fully saturated rings. The molecule has 0 atom stereocenters. The molecule has 4 heteroatoms. The Kier molecular flexibility index (Phi) is 3.82. The zero-order valence-electron chi connectivity index (χ0n) is 9.91. The van der Waals surface area contributed by atoms with Gasteiger partial charge in [-0.2, -0.15) is 0 Å². The zero-order valence-corrected chi connectivity index (χ0v) is 9.91. The molecule has 2 rings (SSSR count). The van der Waals surface area contributed by atoms with Crippen LogP contribution in [0.3, 0.4) is 0 Å². The van der Waals surface area contributed by atoms with E-state index in [2.05, 4.69) is 0 Å². The number of carbonyl (C=O) groups excluding carboxylic acids is 1. The van der Waals surface area contributed by atoms with Crippen molar-refractivity contribution in [2.45, 2.75) is 44.9 Å². The van der Waals surface area contributed by atoms with E-state index in [0.29, 0.717) is 19.6 Å². The Morgan fingerprint density at radius 3 is 2.56 bits per heavy atom. The maximum atomic E-state index is 12.0. The van der Waals surface area contributed by atoms with E-state index in [1.165, 1.54) is 24.3 Å². The minimum Gasteiger partial charge on any atom is -0.330 e. The van der Waals surface area contributed by atoms with Crippen LogP contribution in [0.25, 0.3) is 0 Å². The van der Waals surface area contributed by atoms with Gasteiger partial charge in [-0.15, -0.1) is 0 Å². The van der Waals surface area contributed by atoms with E-state index < -0.39 is 0 Å². The largest absolute Gasteiger partial charge is 0.330 e. The number of carbonyl (C=O) groups is 1. The van der Waals surface area contributed by atoms with Gasteiger partial charge < -0.3 is 5.73 Å². The van der Waals surface area contributed by atoms with Gasteiger partial charge in [0.2, 0.25) is 5.91 Å². The van der Waals surface area contributed by atoms with Crippen LogP contribution in [0.1, 0.15) is 44.9 Å². The Morgan fingerprint density at radius 1 is 1.25 bits per heavy atom. The van der Waals surface area contributed by atoms with Crippen molar-refractivity contribution in [1.82, 2.24) is 5.06 Å². The van der Waals surface area contributed by atoms with Gasteiger partial charge in [-0.05, 0) is 31.2 Å². The lowest BCUT2D eigenvalue weighted by atomic mass is 9.71. The topological polar surface area (TPSA) is 55.6 Å². The highest BCUT2D eigenvalue weighted by molar-refractivity contribution is 5.76. The molecule has 0 spiro atoms. The monoisotopic (exact) mass is 226 g/mol. The smallest absolute Gasteiger partial charge is 0.246 e. The number of nitrogens with two attached hydrogens (primary N) is 1. The van der Waals surface area contributed by atoms with Crippen molar-refractivity contribution < 1.29 is 9.63 Å². The Bertz CT molecular complexity index is 243. The summed E-state index contributed by atoms with van der Waals surface area (Å²) in [5, 5.41) is 1.53. The molecule has 1 aliphatic carbocycles. The molecule has 4 nitrogen and oxygen atoms in total. The fourth-order valence-electron chi connectivity index (χ4n) is 2.81. The van der Waals surface area contributed by atoms with Gasteiger partial charge in [-0.1, -0.05) is 19.3 Å². The number of rotatable bonds is 3. The summed E-state index contributed by atoms with van der Waals surface area (Å²) in [6, 6.07) is 0. The fourth-order valence-corrected chi connectivity index (χ4v) is 2.81. The first-order valence-electron chi connectivity index (χ1n) is 6.39. The maximum absolute atomic E-state index is 12.0. The molecule has 0 radical (unpaired) electrons. The van der Waals surface area contributed by atoms with E-state index in [0.717, 1.165) is 25.8 Å². The van der Waals surface area contributed by atoms with E-state index in [1.807, 2.05) is 0 Å². The molecule has 2 N–H and O–H groups in total. The lowest BCUT2D eigenvalue weighted by Gasteiger charge is -2.36. The summed E-state index contributed by atoms with van der Waals surface area (Å²) in [4.78, 5) is 17.3. The molecule has 0 aromatic carbocycles. The molecular formula is C12H22N2O2. The SMILES string of the molecule is NCC1(CC(=O)N2CCCO2)CCCCC1. The van der Waals surface area contributed by atoms with Crippen LogP contribution in [0, 0.1) is 5.41 Å². The minimum atomic E-state index is 0.0568. The first kappa shape index (κ1) is 11.9. The van der Waals surface area contributed by atoms with Crippen LogP contribution in [-0.4, -0.2) is 30.7 Å². The van der Waals surface area contributed by atoms with Crippen LogP contribution in [0.5, 0.6) is 0 Å². The highest BCUT2D eigenvalue weighted by atomic mass is 16.7. The van der Waals surface area contributed by atoms with E-state index in [-0.39, 0.29) is 11.3 Å². The summed E-state index contributed by atoms with van der Waals surface area (Å²) < 4.78 is 0. The third kappa shape index (κ3) is 2.55. The molecule has 1 saturated heterocycles. The third-order valence-electron chi connectivity index (χ3n) is 3.90. The molecule has 0 bridgehead atoms. The van der Waals surface area contributed by atoms with Crippen LogP contribution in [0.4, 0.5) is 0 Å². The van der Waals surface area contributed by atoms with E-state index in [4.69, 9.17) is 10.6 Å². The van der Waals surface area contributed by atoms with E-state index in [9.17, 15) is 4.79 Å². The summed E-state index contributed by atoms with van der Waals surface area (Å²) in [5.41, 5.74) is 5.93. The predicted octanol–water partition coefficient (Wildman–Crippen LogP) is 1.45. The number of nitrogens with zero attached hydrogens (tertiary/aromatic N) is 1. The summed E-state index contributed by atoms with van der Waals surface area (Å²) in [5.74, 6) is 0.129. The summed E-state index contributed by atoms with van der Waals surface area (Å²) in [7, 11) is 0. The van der Waals surface area contributed by atoms with Gasteiger partial charge >= 0.3 is 0 Å². The van der Waals surface area contributed by atoms with Crippen LogP contribution in [-0.2, 0) is 9.63 Å². The van der Waals surface area contributed by atoms with E-state index in [1.54, 1.807) is 0 Å². The quantitative estimate of drug-likeness (QED) is 0.792. The first-order chi connectivity index (χ1) is 7.76. The van der Waals surface area contributed by atoms with Crippen LogP contribution >= 0.6 is 0 Å². The maximum Gasteiger partial charge on any atom is 0.246 e. The summed E-state index contributed by atoms with van der Waals surface area (Å²) in [6.45, 7) is 2.06. The van der Waals surface area contributed by atoms with Crippen molar-refractivity contribution in [3.8, 4) is 0 Å². The Labute approximate surface area is 97.1 Å². The molecule has 0 aromatic heterocycles. The molecule has 1 aliphatic heterocycles. The van der Waals surface area contributed by atoms with Crippen molar-refractivity contribution in [2.24, 2.45) is 11.1 Å². The average Bonchev–Trinajstić information content (AvgIpc) is 2.84. The number of hydrogen-bond acceptors (Lipinski definition) is 3. The van der Waals surface area contributed by atoms with Crippen molar-refractivity contribution in [3.05, 3.63) is 0 Å². The lowest BCUT2D eigenvalue weighted by Crippen LogP contribution is -2.39.